The Morgan fingerprint density at radius 1 is 1.33 bits per heavy atom. The van der Waals surface area contributed by atoms with Crippen LogP contribution in [0.2, 0.25) is 5.15 Å². The van der Waals surface area contributed by atoms with E-state index in [0.29, 0.717) is 11.8 Å². The first kappa shape index (κ1) is 14.9. The number of rotatable bonds is 3. The number of ether oxygens (including phenoxy) is 1. The van der Waals surface area contributed by atoms with Crippen LogP contribution in [0.1, 0.15) is 41.4 Å². The Labute approximate surface area is 137 Å². The summed E-state index contributed by atoms with van der Waals surface area (Å²) in [5.74, 6) is 1.01. The van der Waals surface area contributed by atoms with Crippen LogP contribution < -0.4 is 0 Å². The van der Waals surface area contributed by atoms with Gasteiger partial charge >= 0.3 is 0 Å². The minimum absolute atomic E-state index is 0.219. The fourth-order valence-electron chi connectivity index (χ4n) is 2.89. The molecule has 0 fully saturated rings. The van der Waals surface area contributed by atoms with Crippen molar-refractivity contribution in [3.8, 4) is 0 Å². The molecule has 1 aliphatic rings. The normalized spacial score (nSPS) is 17.6. The molecule has 21 heavy (non-hydrogen) atoms. The van der Waals surface area contributed by atoms with Crippen LogP contribution in [0, 0.1) is 0 Å². The van der Waals surface area contributed by atoms with E-state index in [1.807, 2.05) is 0 Å². The SMILES string of the molecule is COCc1nc(C2CCCc3ccccc32)nc(Cl)c1Br. The summed E-state index contributed by atoms with van der Waals surface area (Å²) in [7, 11) is 1.65. The van der Waals surface area contributed by atoms with E-state index in [4.69, 9.17) is 16.3 Å². The lowest BCUT2D eigenvalue weighted by atomic mass is 9.82. The summed E-state index contributed by atoms with van der Waals surface area (Å²) in [4.78, 5) is 9.17. The van der Waals surface area contributed by atoms with Crippen LogP contribution >= 0.6 is 27.5 Å². The Kier molecular flexibility index (Phi) is 4.57. The summed E-state index contributed by atoms with van der Waals surface area (Å²) in [5.41, 5.74) is 3.52. The fraction of sp³-hybridized carbons (Fsp3) is 0.375. The predicted molar refractivity (Wildman–Crippen MR) is 86.7 cm³/mol. The highest BCUT2D eigenvalue weighted by Gasteiger charge is 2.25. The number of methoxy groups -OCH3 is 1. The second-order valence-corrected chi connectivity index (χ2v) is 6.36. The van der Waals surface area contributed by atoms with Crippen molar-refractivity contribution in [1.29, 1.82) is 0 Å². The van der Waals surface area contributed by atoms with Gasteiger partial charge in [-0.25, -0.2) is 9.97 Å². The summed E-state index contributed by atoms with van der Waals surface area (Å²) in [6.07, 6.45) is 3.33. The fourth-order valence-corrected chi connectivity index (χ4v) is 3.38. The zero-order valence-corrected chi connectivity index (χ0v) is 14.1. The molecule has 0 saturated heterocycles. The van der Waals surface area contributed by atoms with E-state index in [1.165, 1.54) is 11.1 Å². The molecule has 1 unspecified atom stereocenters. The molecule has 1 aliphatic carbocycles. The quantitative estimate of drug-likeness (QED) is 0.749. The molecule has 5 heteroatoms. The lowest BCUT2D eigenvalue weighted by Crippen LogP contribution is -2.15. The highest BCUT2D eigenvalue weighted by atomic mass is 79.9. The molecule has 0 aliphatic heterocycles. The summed E-state index contributed by atoms with van der Waals surface area (Å²) >= 11 is 9.68. The third kappa shape index (κ3) is 2.98. The van der Waals surface area contributed by atoms with Crippen LogP contribution in [0.4, 0.5) is 0 Å². The Morgan fingerprint density at radius 2 is 2.14 bits per heavy atom. The number of fused-ring (bicyclic) bond motifs is 1. The van der Waals surface area contributed by atoms with E-state index in [-0.39, 0.29) is 5.92 Å². The molecule has 0 N–H and O–H groups in total. The maximum Gasteiger partial charge on any atom is 0.147 e. The van der Waals surface area contributed by atoms with Crippen LogP contribution in [0.5, 0.6) is 0 Å². The third-order valence-electron chi connectivity index (χ3n) is 3.86. The van der Waals surface area contributed by atoms with Crippen LogP contribution in [-0.4, -0.2) is 17.1 Å². The number of hydrogen-bond acceptors (Lipinski definition) is 3. The molecule has 0 saturated carbocycles. The van der Waals surface area contributed by atoms with Gasteiger partial charge in [0.2, 0.25) is 0 Å². The van der Waals surface area contributed by atoms with Gasteiger partial charge in [-0.2, -0.15) is 0 Å². The van der Waals surface area contributed by atoms with E-state index in [9.17, 15) is 0 Å². The van der Waals surface area contributed by atoms with Crippen molar-refractivity contribution in [2.45, 2.75) is 31.8 Å². The van der Waals surface area contributed by atoms with Gasteiger partial charge in [0.1, 0.15) is 11.0 Å². The second kappa shape index (κ2) is 6.42. The zero-order valence-electron chi connectivity index (χ0n) is 11.8. The van der Waals surface area contributed by atoms with Crippen molar-refractivity contribution in [3.63, 3.8) is 0 Å². The zero-order chi connectivity index (χ0) is 14.8. The summed E-state index contributed by atoms with van der Waals surface area (Å²) in [6, 6.07) is 8.53. The molecule has 110 valence electrons. The topological polar surface area (TPSA) is 35.0 Å². The first-order chi connectivity index (χ1) is 10.2. The molecule has 1 heterocycles. The van der Waals surface area contributed by atoms with Gasteiger partial charge in [-0.3, -0.25) is 0 Å². The summed E-state index contributed by atoms with van der Waals surface area (Å²) in [6.45, 7) is 0.421. The van der Waals surface area contributed by atoms with Crippen molar-refractivity contribution in [3.05, 3.63) is 56.5 Å². The molecule has 1 aromatic carbocycles. The maximum atomic E-state index is 6.25. The smallest absolute Gasteiger partial charge is 0.147 e. The van der Waals surface area contributed by atoms with E-state index < -0.39 is 0 Å². The van der Waals surface area contributed by atoms with E-state index in [0.717, 1.165) is 35.3 Å². The average molecular weight is 368 g/mol. The summed E-state index contributed by atoms with van der Waals surface area (Å²) < 4.78 is 5.92. The highest BCUT2D eigenvalue weighted by molar-refractivity contribution is 9.10. The van der Waals surface area contributed by atoms with Gasteiger partial charge in [-0.1, -0.05) is 35.9 Å². The number of aromatic nitrogens is 2. The Morgan fingerprint density at radius 3 is 2.95 bits per heavy atom. The molecule has 2 aromatic rings. The predicted octanol–water partition coefficient (Wildman–Crippen LogP) is 4.51. The summed E-state index contributed by atoms with van der Waals surface area (Å²) in [5, 5.41) is 0.454. The van der Waals surface area contributed by atoms with Crippen molar-refractivity contribution in [2.24, 2.45) is 0 Å². The van der Waals surface area contributed by atoms with Crippen molar-refractivity contribution in [1.82, 2.24) is 9.97 Å². The van der Waals surface area contributed by atoms with E-state index in [2.05, 4.69) is 50.2 Å². The van der Waals surface area contributed by atoms with E-state index in [1.54, 1.807) is 7.11 Å². The van der Waals surface area contributed by atoms with Crippen LogP contribution in [0.25, 0.3) is 0 Å². The Balaban J connectivity index is 2.05. The van der Waals surface area contributed by atoms with Gasteiger partial charge < -0.3 is 4.74 Å². The number of benzene rings is 1. The number of hydrogen-bond donors (Lipinski definition) is 0. The number of aryl methyl sites for hydroxylation is 1. The molecule has 0 amide bonds. The van der Waals surface area contributed by atoms with Gasteiger partial charge in [0.25, 0.3) is 0 Å². The molecule has 0 radical (unpaired) electrons. The third-order valence-corrected chi connectivity index (χ3v) is 5.19. The van der Waals surface area contributed by atoms with Crippen LogP contribution in [0.3, 0.4) is 0 Å². The van der Waals surface area contributed by atoms with Crippen molar-refractivity contribution >= 4 is 27.5 Å². The first-order valence-corrected chi connectivity index (χ1v) is 8.16. The molecule has 0 bridgehead atoms. The molecule has 3 nitrogen and oxygen atoms in total. The lowest BCUT2D eigenvalue weighted by Gasteiger charge is -2.25. The molecule has 0 spiro atoms. The van der Waals surface area contributed by atoms with E-state index >= 15 is 0 Å². The maximum absolute atomic E-state index is 6.25. The molecular weight excluding hydrogens is 352 g/mol. The van der Waals surface area contributed by atoms with Gasteiger partial charge in [0, 0.05) is 13.0 Å². The highest BCUT2D eigenvalue weighted by Crippen LogP contribution is 2.36. The number of halogens is 2. The van der Waals surface area contributed by atoms with Crippen LogP contribution in [-0.2, 0) is 17.8 Å². The first-order valence-electron chi connectivity index (χ1n) is 6.99. The van der Waals surface area contributed by atoms with Gasteiger partial charge in [-0.05, 0) is 46.3 Å². The minimum Gasteiger partial charge on any atom is -0.378 e. The molecule has 1 aromatic heterocycles. The molecule has 1 atom stereocenters. The minimum atomic E-state index is 0.219. The average Bonchev–Trinajstić information content (AvgIpc) is 2.51. The monoisotopic (exact) mass is 366 g/mol. The van der Waals surface area contributed by atoms with Crippen molar-refractivity contribution in [2.75, 3.05) is 7.11 Å². The van der Waals surface area contributed by atoms with Gasteiger partial charge in [0.15, 0.2) is 0 Å². The molecule has 3 rings (SSSR count). The Bertz CT molecular complexity index is 663. The van der Waals surface area contributed by atoms with Crippen LogP contribution in [0.15, 0.2) is 28.7 Å². The second-order valence-electron chi connectivity index (χ2n) is 5.21. The molecular formula is C16H16BrClN2O. The Hall–Kier alpha value is -0.970. The van der Waals surface area contributed by atoms with Crippen molar-refractivity contribution < 1.29 is 4.74 Å². The lowest BCUT2D eigenvalue weighted by molar-refractivity contribution is 0.180. The van der Waals surface area contributed by atoms with Gasteiger partial charge in [-0.15, -0.1) is 0 Å². The number of nitrogens with zero attached hydrogens (tertiary/aromatic N) is 2. The standard InChI is InChI=1S/C16H16BrClN2O/c1-21-9-13-14(17)15(18)20-16(19-13)12-8-4-6-10-5-2-3-7-11(10)12/h2-3,5,7,12H,4,6,8-9H2,1H3. The largest absolute Gasteiger partial charge is 0.378 e. The van der Waals surface area contributed by atoms with Gasteiger partial charge in [0.05, 0.1) is 16.8 Å².